The molecule has 0 spiro atoms. The predicted molar refractivity (Wildman–Crippen MR) is 128 cm³/mol. The Balaban J connectivity index is 1.65. The fraction of sp³-hybridized carbons (Fsp3) is 0.407. The second kappa shape index (κ2) is 8.93. The van der Waals surface area contributed by atoms with E-state index in [1.807, 2.05) is 19.1 Å². The molecule has 33 heavy (non-hydrogen) atoms. The summed E-state index contributed by atoms with van der Waals surface area (Å²) in [7, 11) is 1.65. The summed E-state index contributed by atoms with van der Waals surface area (Å²) in [4.78, 5) is 15.8. The number of aromatic nitrogens is 2. The Morgan fingerprint density at radius 3 is 2.52 bits per heavy atom. The Kier molecular flexibility index (Phi) is 5.83. The van der Waals surface area contributed by atoms with E-state index in [4.69, 9.17) is 9.47 Å². The molecule has 2 aliphatic rings. The first-order valence-electron chi connectivity index (χ1n) is 11.9. The molecule has 0 bridgehead atoms. The van der Waals surface area contributed by atoms with Gasteiger partial charge in [0.15, 0.2) is 11.5 Å². The molecule has 1 saturated carbocycles. The lowest BCUT2D eigenvalue weighted by atomic mass is 9.90. The maximum absolute atomic E-state index is 13.7. The van der Waals surface area contributed by atoms with Crippen molar-refractivity contribution < 1.29 is 14.3 Å². The van der Waals surface area contributed by atoms with Gasteiger partial charge < -0.3 is 14.4 Å². The average molecular weight is 446 g/mol. The third kappa shape index (κ3) is 3.77. The summed E-state index contributed by atoms with van der Waals surface area (Å²) in [6.45, 7) is 4.59. The van der Waals surface area contributed by atoms with Gasteiger partial charge in [0.1, 0.15) is 5.69 Å². The Morgan fingerprint density at radius 2 is 1.82 bits per heavy atom. The molecule has 0 saturated heterocycles. The summed E-state index contributed by atoms with van der Waals surface area (Å²) >= 11 is 0. The van der Waals surface area contributed by atoms with Crippen LogP contribution in [0.25, 0.3) is 11.3 Å². The number of aryl methyl sites for hydroxylation is 1. The highest BCUT2D eigenvalue weighted by Gasteiger charge is 2.45. The van der Waals surface area contributed by atoms with Gasteiger partial charge >= 0.3 is 0 Å². The van der Waals surface area contributed by atoms with Crippen LogP contribution in [0.4, 0.5) is 0 Å². The molecule has 1 amide bonds. The summed E-state index contributed by atoms with van der Waals surface area (Å²) in [5.41, 5.74) is 5.63. The van der Waals surface area contributed by atoms with Crippen LogP contribution in [0.3, 0.4) is 0 Å². The predicted octanol–water partition coefficient (Wildman–Crippen LogP) is 5.67. The van der Waals surface area contributed by atoms with Crippen LogP contribution in [0.1, 0.15) is 72.2 Å². The Hall–Kier alpha value is -3.28. The fourth-order valence-corrected chi connectivity index (χ4v) is 5.29. The zero-order valence-corrected chi connectivity index (χ0v) is 19.6. The topological polar surface area (TPSA) is 67.5 Å². The largest absolute Gasteiger partial charge is 0.493 e. The van der Waals surface area contributed by atoms with Crippen molar-refractivity contribution in [1.82, 2.24) is 15.1 Å². The van der Waals surface area contributed by atoms with Gasteiger partial charge in [0.05, 0.1) is 25.5 Å². The first-order chi connectivity index (χ1) is 16.1. The minimum absolute atomic E-state index is 0.0422. The van der Waals surface area contributed by atoms with Gasteiger partial charge in [0, 0.05) is 17.2 Å². The van der Waals surface area contributed by atoms with Crippen LogP contribution in [0, 0.1) is 6.92 Å². The first kappa shape index (κ1) is 21.6. The lowest BCUT2D eigenvalue weighted by molar-refractivity contribution is 0.0606. The van der Waals surface area contributed by atoms with Gasteiger partial charge in [-0.25, -0.2) is 0 Å². The smallest absolute Gasteiger partial charge is 0.273 e. The molecular weight excluding hydrogens is 414 g/mol. The number of hydrogen-bond acceptors (Lipinski definition) is 4. The van der Waals surface area contributed by atoms with Gasteiger partial charge in [0.25, 0.3) is 5.91 Å². The summed E-state index contributed by atoms with van der Waals surface area (Å²) in [5, 5.41) is 7.69. The molecule has 1 atom stereocenters. The molecule has 1 fully saturated rings. The van der Waals surface area contributed by atoms with E-state index in [1.54, 1.807) is 7.11 Å². The van der Waals surface area contributed by atoms with Crippen molar-refractivity contribution in [3.05, 3.63) is 64.8 Å². The monoisotopic (exact) mass is 445 g/mol. The van der Waals surface area contributed by atoms with Crippen LogP contribution in [-0.2, 0) is 0 Å². The van der Waals surface area contributed by atoms with Crippen LogP contribution >= 0.6 is 0 Å². The lowest BCUT2D eigenvalue weighted by Gasteiger charge is -2.36. The number of carbonyl (C=O) groups is 1. The maximum Gasteiger partial charge on any atom is 0.273 e. The van der Waals surface area contributed by atoms with E-state index in [1.165, 1.54) is 12.0 Å². The van der Waals surface area contributed by atoms with Crippen molar-refractivity contribution in [2.24, 2.45) is 0 Å². The normalized spacial score (nSPS) is 18.5. The van der Waals surface area contributed by atoms with Gasteiger partial charge in [-0.15, -0.1) is 0 Å². The summed E-state index contributed by atoms with van der Waals surface area (Å²) in [6, 6.07) is 14.4. The molecular formula is C27H31N3O3. The first-order valence-corrected chi connectivity index (χ1v) is 11.9. The van der Waals surface area contributed by atoms with Crippen molar-refractivity contribution in [1.29, 1.82) is 0 Å². The van der Waals surface area contributed by atoms with Crippen LogP contribution in [0.5, 0.6) is 11.5 Å². The molecule has 1 N–H and O–H groups in total. The number of ether oxygens (including phenoxy) is 2. The molecule has 2 heterocycles. The molecule has 2 aromatic carbocycles. The Labute approximate surface area is 194 Å². The maximum atomic E-state index is 13.7. The number of amides is 1. The number of H-pyrrole nitrogens is 1. The number of methoxy groups -OCH3 is 1. The van der Waals surface area contributed by atoms with E-state index in [0.29, 0.717) is 23.8 Å². The molecule has 0 radical (unpaired) electrons. The molecule has 6 nitrogen and oxygen atoms in total. The minimum atomic E-state index is -0.213. The highest BCUT2D eigenvalue weighted by molar-refractivity contribution is 6.00. The minimum Gasteiger partial charge on any atom is -0.493 e. The SMILES string of the molecule is CCOc1ccc(C2c3c(-c4ccc(C)cc4)n[nH]c3C(=O)N2C2CCCCC2)cc1OC. The van der Waals surface area contributed by atoms with Gasteiger partial charge in [-0.1, -0.05) is 55.2 Å². The van der Waals surface area contributed by atoms with Crippen LogP contribution < -0.4 is 9.47 Å². The Bertz CT molecular complexity index is 1150. The highest BCUT2D eigenvalue weighted by Crippen LogP contribution is 2.47. The van der Waals surface area contributed by atoms with Crippen molar-refractivity contribution in [3.8, 4) is 22.8 Å². The zero-order chi connectivity index (χ0) is 22.9. The van der Waals surface area contributed by atoms with E-state index in [0.717, 1.165) is 48.1 Å². The van der Waals surface area contributed by atoms with Gasteiger partial charge in [-0.3, -0.25) is 9.89 Å². The number of fused-ring (bicyclic) bond motifs is 1. The van der Waals surface area contributed by atoms with E-state index in [9.17, 15) is 4.79 Å². The van der Waals surface area contributed by atoms with E-state index >= 15 is 0 Å². The summed E-state index contributed by atoms with van der Waals surface area (Å²) in [6.07, 6.45) is 5.62. The van der Waals surface area contributed by atoms with Crippen LogP contribution in [0.15, 0.2) is 42.5 Å². The summed E-state index contributed by atoms with van der Waals surface area (Å²) < 4.78 is 11.4. The molecule has 1 aliphatic carbocycles. The van der Waals surface area contributed by atoms with Crippen molar-refractivity contribution in [2.75, 3.05) is 13.7 Å². The van der Waals surface area contributed by atoms with Gasteiger partial charge in [-0.05, 0) is 44.4 Å². The third-order valence-electron chi connectivity index (χ3n) is 6.90. The fourth-order valence-electron chi connectivity index (χ4n) is 5.29. The molecule has 5 rings (SSSR count). The van der Waals surface area contributed by atoms with Crippen LogP contribution in [-0.4, -0.2) is 40.8 Å². The van der Waals surface area contributed by atoms with E-state index in [2.05, 4.69) is 52.4 Å². The number of aromatic amines is 1. The lowest BCUT2D eigenvalue weighted by Crippen LogP contribution is -2.40. The second-order valence-electron chi connectivity index (χ2n) is 8.98. The number of nitrogens with zero attached hydrogens (tertiary/aromatic N) is 2. The molecule has 6 heteroatoms. The molecule has 1 unspecified atom stereocenters. The second-order valence-corrected chi connectivity index (χ2v) is 8.98. The highest BCUT2D eigenvalue weighted by atomic mass is 16.5. The van der Waals surface area contributed by atoms with Crippen LogP contribution in [0.2, 0.25) is 0 Å². The van der Waals surface area contributed by atoms with Gasteiger partial charge in [0.2, 0.25) is 0 Å². The Morgan fingerprint density at radius 1 is 1.06 bits per heavy atom. The van der Waals surface area contributed by atoms with Gasteiger partial charge in [-0.2, -0.15) is 5.10 Å². The molecule has 1 aromatic heterocycles. The zero-order valence-electron chi connectivity index (χ0n) is 19.6. The number of rotatable bonds is 6. The number of carbonyl (C=O) groups excluding carboxylic acids is 1. The standard InChI is InChI=1S/C27H31N3O3/c1-4-33-21-15-14-19(16-22(21)32-3)26-23-24(18-12-10-17(2)11-13-18)28-29-25(23)27(31)30(26)20-8-6-5-7-9-20/h10-16,20,26H,4-9H2,1-3H3,(H,28,29). The van der Waals surface area contributed by atoms with Crippen molar-refractivity contribution in [2.45, 2.75) is 58.0 Å². The van der Waals surface area contributed by atoms with E-state index < -0.39 is 0 Å². The van der Waals surface area contributed by atoms with Crippen molar-refractivity contribution >= 4 is 5.91 Å². The molecule has 172 valence electrons. The van der Waals surface area contributed by atoms with Crippen molar-refractivity contribution in [3.63, 3.8) is 0 Å². The molecule has 1 aliphatic heterocycles. The molecule has 3 aromatic rings. The number of nitrogens with one attached hydrogen (secondary N) is 1. The van der Waals surface area contributed by atoms with E-state index in [-0.39, 0.29) is 18.0 Å². The quantitative estimate of drug-likeness (QED) is 0.531. The number of hydrogen-bond donors (Lipinski definition) is 1. The summed E-state index contributed by atoms with van der Waals surface area (Å²) in [5.74, 6) is 1.43. The third-order valence-corrected chi connectivity index (χ3v) is 6.90. The average Bonchev–Trinajstić information content (AvgIpc) is 3.39. The number of benzene rings is 2.